The van der Waals surface area contributed by atoms with Crippen molar-refractivity contribution in [3.63, 3.8) is 0 Å². The molecule has 0 amide bonds. The van der Waals surface area contributed by atoms with Crippen LogP contribution in [0.3, 0.4) is 0 Å². The second-order valence-corrected chi connectivity index (χ2v) is 14.2. The van der Waals surface area contributed by atoms with Crippen LogP contribution in [0.1, 0.15) is 43.5 Å². The highest BCUT2D eigenvalue weighted by atomic mass is 31.1. The van der Waals surface area contributed by atoms with E-state index in [4.69, 9.17) is 0 Å². The second kappa shape index (κ2) is 11.4. The molecule has 0 spiro atoms. The van der Waals surface area contributed by atoms with Gasteiger partial charge < -0.3 is 0 Å². The predicted molar refractivity (Wildman–Crippen MR) is 197 cm³/mol. The molecule has 0 aromatic heterocycles. The van der Waals surface area contributed by atoms with Crippen molar-refractivity contribution < 1.29 is 0 Å². The highest BCUT2D eigenvalue weighted by Crippen LogP contribution is 2.53. The van der Waals surface area contributed by atoms with E-state index < -0.39 is 0 Å². The molecule has 0 heterocycles. The Morgan fingerprint density at radius 3 is 1.82 bits per heavy atom. The number of hydrogen-bond acceptors (Lipinski definition) is 0. The Hall–Kier alpha value is -4.51. The molecule has 0 N–H and O–H groups in total. The zero-order chi connectivity index (χ0) is 30.4. The second-order valence-electron chi connectivity index (χ2n) is 12.7. The average molecular weight is 597 g/mol. The summed E-state index contributed by atoms with van der Waals surface area (Å²) in [5, 5.41) is 6.74. The zero-order valence-corrected chi connectivity index (χ0v) is 26.9. The van der Waals surface area contributed by atoms with Gasteiger partial charge in [0.2, 0.25) is 0 Å². The Kier molecular flexibility index (Phi) is 7.12. The van der Waals surface area contributed by atoms with Gasteiger partial charge in [-0.05, 0) is 89.9 Å². The maximum Gasteiger partial charge on any atom is 0.0149 e. The molecular weight excluding hydrogens is 559 g/mol. The van der Waals surface area contributed by atoms with Gasteiger partial charge in [0, 0.05) is 11.1 Å². The summed E-state index contributed by atoms with van der Waals surface area (Å²) in [5.41, 5.74) is 11.3. The summed E-state index contributed by atoms with van der Waals surface area (Å²) in [6.07, 6.45) is 2.28. The Bertz CT molecular complexity index is 2100. The van der Waals surface area contributed by atoms with Gasteiger partial charge >= 0.3 is 0 Å². The molecular formula is C44H37P. The van der Waals surface area contributed by atoms with E-state index in [1.165, 1.54) is 71.4 Å². The third kappa shape index (κ3) is 4.80. The van der Waals surface area contributed by atoms with Crippen LogP contribution in [0.25, 0.3) is 54.9 Å². The first kappa shape index (κ1) is 28.0. The predicted octanol–water partition coefficient (Wildman–Crippen LogP) is 12.1. The molecule has 1 aliphatic carbocycles. The Balaban J connectivity index is 1.21. The molecule has 218 valence electrons. The van der Waals surface area contributed by atoms with Gasteiger partial charge in [-0.1, -0.05) is 168 Å². The van der Waals surface area contributed by atoms with Gasteiger partial charge in [0.15, 0.2) is 0 Å². The van der Waals surface area contributed by atoms with Crippen molar-refractivity contribution in [2.24, 2.45) is 0 Å². The van der Waals surface area contributed by atoms with Crippen molar-refractivity contribution in [3.05, 3.63) is 163 Å². The van der Waals surface area contributed by atoms with Crippen LogP contribution in [-0.2, 0) is 5.41 Å². The lowest BCUT2D eigenvalue weighted by Crippen LogP contribution is -2.29. The van der Waals surface area contributed by atoms with Gasteiger partial charge in [-0.15, -0.1) is 0 Å². The van der Waals surface area contributed by atoms with Crippen LogP contribution >= 0.6 is 8.58 Å². The molecule has 8 rings (SSSR count). The molecule has 0 radical (unpaired) electrons. The minimum Gasteiger partial charge on any atom is -0.0818 e. The van der Waals surface area contributed by atoms with E-state index in [1.54, 1.807) is 0 Å². The fourth-order valence-electron chi connectivity index (χ4n) is 7.76. The molecule has 0 fully saturated rings. The smallest absolute Gasteiger partial charge is 0.0149 e. The third-order valence-corrected chi connectivity index (χ3v) is 11.9. The van der Waals surface area contributed by atoms with Crippen molar-refractivity contribution in [1.29, 1.82) is 0 Å². The van der Waals surface area contributed by atoms with Crippen LogP contribution in [0, 0.1) is 0 Å². The van der Waals surface area contributed by atoms with Crippen LogP contribution in [0.4, 0.5) is 0 Å². The van der Waals surface area contributed by atoms with Crippen LogP contribution in [0.15, 0.2) is 152 Å². The first-order valence-electron chi connectivity index (χ1n) is 16.2. The first-order valence-corrected chi connectivity index (χ1v) is 17.3. The van der Waals surface area contributed by atoms with Crippen LogP contribution in [-0.4, -0.2) is 0 Å². The summed E-state index contributed by atoms with van der Waals surface area (Å²) in [4.78, 5) is 0. The molecule has 2 unspecified atom stereocenters. The quantitative estimate of drug-likeness (QED) is 0.153. The van der Waals surface area contributed by atoms with Gasteiger partial charge in [0.25, 0.3) is 0 Å². The molecule has 3 atom stereocenters. The standard InChI is InChI=1S/C44H37P/c1-3-27-44(2,43(31-13-6-4-7-14-31)45-35-17-8-5-9-18-35)34-23-21-30(22-24-34)36-25-26-39-41-29-33-16-11-10-15-32(33)28-40(41)38-20-12-19-37(36)42(38)39/h4-26,28-29,43,45H,3,27H2,1-2H3/t43?,44-/m1/s1. The summed E-state index contributed by atoms with van der Waals surface area (Å²) in [6, 6.07) is 56.8. The van der Waals surface area contributed by atoms with Crippen molar-refractivity contribution in [3.8, 4) is 33.4 Å². The summed E-state index contributed by atoms with van der Waals surface area (Å²) in [5.74, 6) is 0. The molecule has 0 saturated carbocycles. The highest BCUT2D eigenvalue weighted by Gasteiger charge is 2.36. The number of rotatable bonds is 8. The number of hydrogen-bond donors (Lipinski definition) is 0. The zero-order valence-electron chi connectivity index (χ0n) is 25.9. The molecule has 1 aliphatic rings. The minimum atomic E-state index is 0.00851. The van der Waals surface area contributed by atoms with Crippen LogP contribution in [0.5, 0.6) is 0 Å². The van der Waals surface area contributed by atoms with E-state index in [1.807, 2.05) is 0 Å². The van der Waals surface area contributed by atoms with Gasteiger partial charge in [0.05, 0.1) is 0 Å². The van der Waals surface area contributed by atoms with Crippen molar-refractivity contribution >= 4 is 35.4 Å². The molecule has 7 aromatic rings. The van der Waals surface area contributed by atoms with E-state index in [0.717, 1.165) is 12.8 Å². The molecule has 0 saturated heterocycles. The topological polar surface area (TPSA) is 0 Å². The summed E-state index contributed by atoms with van der Waals surface area (Å²) < 4.78 is 0. The largest absolute Gasteiger partial charge is 0.0818 e. The van der Waals surface area contributed by atoms with Gasteiger partial charge in [0.1, 0.15) is 0 Å². The van der Waals surface area contributed by atoms with E-state index in [-0.39, 0.29) is 5.41 Å². The molecule has 0 nitrogen and oxygen atoms in total. The molecule has 1 heteroatoms. The van der Waals surface area contributed by atoms with Crippen LogP contribution in [0.2, 0.25) is 0 Å². The van der Waals surface area contributed by atoms with Crippen molar-refractivity contribution in [1.82, 2.24) is 0 Å². The van der Waals surface area contributed by atoms with E-state index in [0.29, 0.717) is 14.2 Å². The SMILES string of the molecule is CCC[C@](C)(c1ccc(-c2ccc3c4c(cccc24)-c2cc4ccccc4cc2-3)cc1)C(Pc1ccccc1)c1ccccc1. The average Bonchev–Trinajstić information content (AvgIpc) is 3.41. The first-order chi connectivity index (χ1) is 22.1. The summed E-state index contributed by atoms with van der Waals surface area (Å²) in [7, 11) is 0.698. The van der Waals surface area contributed by atoms with E-state index in [2.05, 4.69) is 166 Å². The number of benzene rings is 7. The fourth-order valence-corrected chi connectivity index (χ4v) is 9.46. The summed E-state index contributed by atoms with van der Waals surface area (Å²) in [6.45, 7) is 4.83. The normalized spacial score (nSPS) is 14.2. The van der Waals surface area contributed by atoms with E-state index in [9.17, 15) is 0 Å². The van der Waals surface area contributed by atoms with Gasteiger partial charge in [-0.3, -0.25) is 0 Å². The van der Waals surface area contributed by atoms with Crippen LogP contribution < -0.4 is 5.30 Å². The minimum absolute atomic E-state index is 0.00851. The Morgan fingerprint density at radius 1 is 0.556 bits per heavy atom. The fraction of sp³-hybridized carbons (Fsp3) is 0.136. The lowest BCUT2D eigenvalue weighted by molar-refractivity contribution is 0.415. The van der Waals surface area contributed by atoms with Gasteiger partial charge in [-0.25, -0.2) is 0 Å². The molecule has 7 aromatic carbocycles. The lowest BCUT2D eigenvalue weighted by Gasteiger charge is -2.39. The van der Waals surface area contributed by atoms with Gasteiger partial charge in [-0.2, -0.15) is 0 Å². The monoisotopic (exact) mass is 596 g/mol. The molecule has 0 aliphatic heterocycles. The third-order valence-electron chi connectivity index (χ3n) is 9.99. The Morgan fingerprint density at radius 2 is 1.16 bits per heavy atom. The highest BCUT2D eigenvalue weighted by molar-refractivity contribution is 7.47. The van der Waals surface area contributed by atoms with Crippen molar-refractivity contribution in [2.45, 2.75) is 37.8 Å². The maximum absolute atomic E-state index is 2.50. The van der Waals surface area contributed by atoms with E-state index >= 15 is 0 Å². The Labute approximate surface area is 268 Å². The molecule has 0 bridgehead atoms. The number of fused-ring (bicyclic) bond motifs is 4. The van der Waals surface area contributed by atoms with Crippen molar-refractivity contribution in [2.75, 3.05) is 0 Å². The summed E-state index contributed by atoms with van der Waals surface area (Å²) >= 11 is 0. The maximum atomic E-state index is 2.50. The molecule has 45 heavy (non-hydrogen) atoms. The lowest BCUT2D eigenvalue weighted by atomic mass is 9.73.